The monoisotopic (exact) mass is 358 g/mol. The lowest BCUT2D eigenvalue weighted by Gasteiger charge is -2.28. The summed E-state index contributed by atoms with van der Waals surface area (Å²) in [5.41, 5.74) is 7.01. The number of carbonyl (C=O) groups is 1. The van der Waals surface area contributed by atoms with Crippen LogP contribution in [0.5, 0.6) is 0 Å². The van der Waals surface area contributed by atoms with Crippen molar-refractivity contribution in [3.8, 4) is 11.4 Å². The Morgan fingerprint density at radius 2 is 2.00 bits per heavy atom. The Hall–Kier alpha value is -1.56. The van der Waals surface area contributed by atoms with Crippen molar-refractivity contribution in [1.82, 2.24) is 9.97 Å². The van der Waals surface area contributed by atoms with E-state index in [4.69, 9.17) is 5.73 Å². The van der Waals surface area contributed by atoms with Gasteiger partial charge in [0.1, 0.15) is 5.82 Å². The molecule has 1 aromatic heterocycles. The van der Waals surface area contributed by atoms with Gasteiger partial charge in [-0.15, -0.1) is 24.8 Å². The van der Waals surface area contributed by atoms with Crippen LogP contribution in [0.1, 0.15) is 26.7 Å². The van der Waals surface area contributed by atoms with Crippen molar-refractivity contribution in [2.24, 2.45) is 11.1 Å². The summed E-state index contributed by atoms with van der Waals surface area (Å²) in [5.74, 6) is 0.758. The van der Waals surface area contributed by atoms with E-state index in [1.807, 2.05) is 38.1 Å². The zero-order chi connectivity index (χ0) is 15.3. The number of rotatable bonds is 6. The number of halogens is 2. The van der Waals surface area contributed by atoms with E-state index in [-0.39, 0.29) is 30.7 Å². The van der Waals surface area contributed by atoms with E-state index in [0.29, 0.717) is 6.54 Å². The van der Waals surface area contributed by atoms with Crippen LogP contribution in [0.2, 0.25) is 0 Å². The highest BCUT2D eigenvalue weighted by Gasteiger charge is 2.33. The van der Waals surface area contributed by atoms with Gasteiger partial charge in [0.25, 0.3) is 0 Å². The van der Waals surface area contributed by atoms with Gasteiger partial charge in [-0.1, -0.05) is 26.0 Å². The van der Waals surface area contributed by atoms with Crippen LogP contribution >= 0.6 is 24.8 Å². The number of benzene rings is 1. The van der Waals surface area contributed by atoms with Crippen LogP contribution in [0.4, 0.5) is 5.69 Å². The van der Waals surface area contributed by atoms with Crippen molar-refractivity contribution < 1.29 is 4.79 Å². The highest BCUT2D eigenvalue weighted by molar-refractivity contribution is 5.95. The van der Waals surface area contributed by atoms with E-state index in [0.717, 1.165) is 29.9 Å². The highest BCUT2D eigenvalue weighted by Crippen LogP contribution is 2.27. The molecule has 0 fully saturated rings. The molecule has 4 N–H and O–H groups in total. The first-order valence-corrected chi connectivity index (χ1v) is 7.26. The summed E-state index contributed by atoms with van der Waals surface area (Å²) >= 11 is 0. The number of hydrogen-bond donors (Lipinski definition) is 3. The average Bonchev–Trinajstić information content (AvgIpc) is 3.04. The lowest BCUT2D eigenvalue weighted by Crippen LogP contribution is -2.41. The van der Waals surface area contributed by atoms with E-state index >= 15 is 0 Å². The number of H-pyrrole nitrogens is 1. The van der Waals surface area contributed by atoms with Gasteiger partial charge in [-0.3, -0.25) is 4.79 Å². The third kappa shape index (κ3) is 4.70. The number of nitrogens with two attached hydrogens (primary N) is 1. The normalized spacial score (nSPS) is 10.4. The van der Waals surface area contributed by atoms with Crippen LogP contribution in [0.3, 0.4) is 0 Å². The lowest BCUT2D eigenvalue weighted by atomic mass is 9.81. The number of imidazole rings is 1. The molecule has 1 heterocycles. The maximum absolute atomic E-state index is 12.5. The molecule has 0 unspecified atom stereocenters. The summed E-state index contributed by atoms with van der Waals surface area (Å²) in [6.07, 6.45) is 4.93. The van der Waals surface area contributed by atoms with Gasteiger partial charge in [0, 0.05) is 30.2 Å². The molecular formula is C16H24Cl2N4O. The minimum atomic E-state index is -0.499. The summed E-state index contributed by atoms with van der Waals surface area (Å²) in [6.45, 7) is 4.34. The molecule has 5 nitrogen and oxygen atoms in total. The van der Waals surface area contributed by atoms with Crippen LogP contribution in [0.15, 0.2) is 36.7 Å². The smallest absolute Gasteiger partial charge is 0.231 e. The highest BCUT2D eigenvalue weighted by atomic mass is 35.5. The van der Waals surface area contributed by atoms with Crippen molar-refractivity contribution in [3.63, 3.8) is 0 Å². The molecule has 1 amide bonds. The van der Waals surface area contributed by atoms with Crippen LogP contribution in [0.25, 0.3) is 11.4 Å². The van der Waals surface area contributed by atoms with Gasteiger partial charge in [-0.2, -0.15) is 0 Å². The minimum absolute atomic E-state index is 0. The molecule has 0 saturated heterocycles. The van der Waals surface area contributed by atoms with Gasteiger partial charge < -0.3 is 16.0 Å². The Morgan fingerprint density at radius 1 is 1.30 bits per heavy atom. The second-order valence-corrected chi connectivity index (χ2v) is 5.16. The average molecular weight is 359 g/mol. The molecule has 7 heteroatoms. The maximum atomic E-state index is 12.5. The Balaban J connectivity index is 0.00000242. The first kappa shape index (κ1) is 21.4. The zero-order valence-electron chi connectivity index (χ0n) is 13.3. The quantitative estimate of drug-likeness (QED) is 0.737. The van der Waals surface area contributed by atoms with E-state index < -0.39 is 5.41 Å². The fraction of sp³-hybridized carbons (Fsp3) is 0.375. The molecule has 0 saturated carbocycles. The lowest BCUT2D eigenvalue weighted by molar-refractivity contribution is -0.125. The van der Waals surface area contributed by atoms with Crippen molar-refractivity contribution >= 4 is 36.4 Å². The summed E-state index contributed by atoms with van der Waals surface area (Å²) in [4.78, 5) is 19.8. The van der Waals surface area contributed by atoms with Crippen molar-refractivity contribution in [2.45, 2.75) is 26.7 Å². The molecule has 1 aromatic carbocycles. The molecule has 0 aliphatic rings. The molecule has 128 valence electrons. The van der Waals surface area contributed by atoms with Gasteiger partial charge in [0.15, 0.2) is 0 Å². The topological polar surface area (TPSA) is 83.8 Å². The van der Waals surface area contributed by atoms with Gasteiger partial charge in [-0.25, -0.2) is 4.98 Å². The summed E-state index contributed by atoms with van der Waals surface area (Å²) in [7, 11) is 0. The minimum Gasteiger partial charge on any atom is -0.345 e. The predicted octanol–water partition coefficient (Wildman–Crippen LogP) is 3.62. The van der Waals surface area contributed by atoms with Crippen molar-refractivity contribution in [3.05, 3.63) is 36.7 Å². The largest absolute Gasteiger partial charge is 0.345 e. The van der Waals surface area contributed by atoms with Crippen LogP contribution in [0, 0.1) is 5.41 Å². The van der Waals surface area contributed by atoms with Gasteiger partial charge in [-0.05, 0) is 25.0 Å². The molecule has 23 heavy (non-hydrogen) atoms. The number of aromatic amines is 1. The molecule has 0 spiro atoms. The van der Waals surface area contributed by atoms with Crippen LogP contribution in [-0.2, 0) is 4.79 Å². The molecular weight excluding hydrogens is 335 g/mol. The number of carbonyl (C=O) groups excluding carboxylic acids is 1. The predicted molar refractivity (Wildman–Crippen MR) is 99.2 cm³/mol. The molecule has 0 aliphatic carbocycles. The van der Waals surface area contributed by atoms with Gasteiger partial charge in [0.05, 0.1) is 5.41 Å². The zero-order valence-corrected chi connectivity index (χ0v) is 15.0. The van der Waals surface area contributed by atoms with Crippen molar-refractivity contribution in [2.75, 3.05) is 11.9 Å². The van der Waals surface area contributed by atoms with E-state index in [9.17, 15) is 4.79 Å². The molecule has 2 aromatic rings. The van der Waals surface area contributed by atoms with E-state index in [1.54, 1.807) is 12.4 Å². The summed E-state index contributed by atoms with van der Waals surface area (Å²) < 4.78 is 0. The van der Waals surface area contributed by atoms with Crippen molar-refractivity contribution in [1.29, 1.82) is 0 Å². The van der Waals surface area contributed by atoms with Crippen LogP contribution < -0.4 is 11.1 Å². The molecule has 0 aliphatic heterocycles. The number of anilines is 1. The van der Waals surface area contributed by atoms with Crippen LogP contribution in [-0.4, -0.2) is 22.4 Å². The Labute approximate surface area is 149 Å². The second kappa shape index (κ2) is 9.55. The van der Waals surface area contributed by atoms with E-state index in [2.05, 4.69) is 15.3 Å². The Kier molecular flexibility index (Phi) is 8.90. The molecule has 0 atom stereocenters. The SMILES string of the molecule is CCC(CC)(CN)C(=O)Nc1cccc(-c2ncc[nH]2)c1.Cl.Cl. The maximum Gasteiger partial charge on any atom is 0.231 e. The number of amides is 1. The third-order valence-electron chi connectivity index (χ3n) is 4.12. The number of aromatic nitrogens is 2. The fourth-order valence-corrected chi connectivity index (χ4v) is 2.38. The first-order chi connectivity index (χ1) is 10.1. The van der Waals surface area contributed by atoms with E-state index in [1.165, 1.54) is 0 Å². The third-order valence-corrected chi connectivity index (χ3v) is 4.12. The molecule has 0 radical (unpaired) electrons. The molecule has 0 bridgehead atoms. The number of nitrogens with one attached hydrogen (secondary N) is 2. The fourth-order valence-electron chi connectivity index (χ4n) is 2.38. The number of hydrogen-bond acceptors (Lipinski definition) is 3. The number of nitrogens with zero attached hydrogens (tertiary/aromatic N) is 1. The Bertz CT molecular complexity index is 590. The Morgan fingerprint density at radius 3 is 2.52 bits per heavy atom. The van der Waals surface area contributed by atoms with Gasteiger partial charge in [0.2, 0.25) is 5.91 Å². The summed E-state index contributed by atoms with van der Waals surface area (Å²) in [5, 5.41) is 2.98. The van der Waals surface area contributed by atoms with Gasteiger partial charge >= 0.3 is 0 Å². The summed E-state index contributed by atoms with van der Waals surface area (Å²) in [6, 6.07) is 7.63. The second-order valence-electron chi connectivity index (χ2n) is 5.16. The first-order valence-electron chi connectivity index (χ1n) is 7.26. The molecule has 2 rings (SSSR count). The standard InChI is InChI=1S/C16H22N4O.2ClH/c1-3-16(4-2,11-17)15(21)20-13-7-5-6-12(10-13)14-18-8-9-19-14;;/h5-10H,3-4,11,17H2,1-2H3,(H,18,19)(H,20,21);2*1H.